The fourth-order valence-electron chi connectivity index (χ4n) is 3.73. The van der Waals surface area contributed by atoms with Crippen molar-refractivity contribution >= 4 is 29.1 Å². The second-order valence-corrected chi connectivity index (χ2v) is 6.68. The lowest BCUT2D eigenvalue weighted by atomic mass is 9.80. The highest BCUT2D eigenvalue weighted by atomic mass is 35.5. The van der Waals surface area contributed by atoms with Gasteiger partial charge in [-0.25, -0.2) is 4.79 Å². The molecule has 0 spiro atoms. The number of esters is 1. The van der Waals surface area contributed by atoms with Crippen LogP contribution in [0.1, 0.15) is 34.3 Å². The maximum atomic E-state index is 13.2. The molecule has 1 atom stereocenters. The minimum absolute atomic E-state index is 0.0954. The maximum absolute atomic E-state index is 13.2. The third-order valence-corrected chi connectivity index (χ3v) is 5.21. The molecule has 0 aromatic heterocycles. The number of hydrogen-bond acceptors (Lipinski definition) is 4. The topological polar surface area (TPSA) is 55.4 Å². The van der Waals surface area contributed by atoms with Crippen LogP contribution in [0, 0.1) is 0 Å². The number of hydrogen-bond donors (Lipinski definition) is 1. The summed E-state index contributed by atoms with van der Waals surface area (Å²) in [7, 11) is 1.33. The number of Topliss-reactive ketones (excluding diaryl/α,β-unsaturated/α-hetero) is 1. The highest BCUT2D eigenvalue weighted by molar-refractivity contribution is 6.32. The van der Waals surface area contributed by atoms with Crippen LogP contribution in [0.5, 0.6) is 0 Å². The van der Waals surface area contributed by atoms with Crippen LogP contribution in [0.15, 0.2) is 65.4 Å². The molecule has 0 radical (unpaired) electrons. The van der Waals surface area contributed by atoms with E-state index in [0.29, 0.717) is 33.0 Å². The smallest absolute Gasteiger partial charge is 0.336 e. The van der Waals surface area contributed by atoms with Crippen molar-refractivity contribution in [2.45, 2.75) is 12.8 Å². The molecule has 1 aliphatic heterocycles. The van der Waals surface area contributed by atoms with Gasteiger partial charge in [0.1, 0.15) is 0 Å². The van der Waals surface area contributed by atoms with Crippen molar-refractivity contribution in [3.8, 4) is 0 Å². The fraction of sp³-hybridized carbons (Fsp3) is 0.143. The van der Waals surface area contributed by atoms with Crippen LogP contribution in [0.3, 0.4) is 0 Å². The summed E-state index contributed by atoms with van der Waals surface area (Å²) in [5, 5.41) is 3.75. The number of carbonyl (C=O) groups is 2. The highest BCUT2D eigenvalue weighted by Gasteiger charge is 2.43. The fourth-order valence-corrected chi connectivity index (χ4v) is 3.97. The number of ketones is 1. The molecule has 1 N–H and O–H groups in total. The van der Waals surface area contributed by atoms with E-state index < -0.39 is 11.9 Å². The van der Waals surface area contributed by atoms with Crippen LogP contribution < -0.4 is 5.32 Å². The number of methoxy groups -OCH3 is 1. The third kappa shape index (κ3) is 2.30. The van der Waals surface area contributed by atoms with Crippen LogP contribution in [-0.4, -0.2) is 18.9 Å². The molecule has 1 heterocycles. The van der Waals surface area contributed by atoms with Gasteiger partial charge in [0.25, 0.3) is 0 Å². The van der Waals surface area contributed by atoms with Crippen molar-refractivity contribution in [3.63, 3.8) is 0 Å². The van der Waals surface area contributed by atoms with E-state index in [1.54, 1.807) is 12.1 Å². The number of ether oxygens (including phenoxy) is 1. The molecular weight excluding hydrogens is 350 g/mol. The van der Waals surface area contributed by atoms with E-state index in [9.17, 15) is 9.59 Å². The number of carbonyl (C=O) groups excluding carboxylic acids is 2. The largest absolute Gasteiger partial charge is 0.466 e. The number of allylic oxidation sites excluding steroid dienone is 2. The number of rotatable bonds is 2. The van der Waals surface area contributed by atoms with E-state index in [1.165, 1.54) is 7.11 Å². The average molecular weight is 366 g/mol. The number of halogens is 1. The van der Waals surface area contributed by atoms with Crippen molar-refractivity contribution in [1.82, 2.24) is 5.32 Å². The minimum atomic E-state index is -0.577. The molecule has 4 rings (SSSR count). The quantitative estimate of drug-likeness (QED) is 0.815. The zero-order valence-electron chi connectivity index (χ0n) is 14.3. The van der Waals surface area contributed by atoms with Gasteiger partial charge in [0.15, 0.2) is 5.78 Å². The normalized spacial score (nSPS) is 18.4. The van der Waals surface area contributed by atoms with E-state index in [0.717, 1.165) is 11.3 Å². The summed E-state index contributed by atoms with van der Waals surface area (Å²) in [5.74, 6) is -1.15. The Morgan fingerprint density at radius 3 is 2.42 bits per heavy atom. The van der Waals surface area contributed by atoms with Crippen LogP contribution in [0.2, 0.25) is 5.02 Å². The Morgan fingerprint density at radius 1 is 1.08 bits per heavy atom. The molecule has 2 aromatic carbocycles. The van der Waals surface area contributed by atoms with Gasteiger partial charge in [0.2, 0.25) is 0 Å². The average Bonchev–Trinajstić information content (AvgIpc) is 2.93. The van der Waals surface area contributed by atoms with E-state index in [1.807, 2.05) is 43.3 Å². The molecule has 1 unspecified atom stereocenters. The molecular formula is C21H16ClNO3. The summed E-state index contributed by atoms with van der Waals surface area (Å²) in [6.07, 6.45) is 0. The third-order valence-electron chi connectivity index (χ3n) is 4.87. The standard InChI is InChI=1S/C21H16ClNO3/c1-11-16(21(25)26-2)17(14-9-5-6-10-15(14)22)18-19(23-11)12-7-3-4-8-13(12)20(18)24/h3-10,17,23H,1-2H3. The Hall–Kier alpha value is -2.85. The molecule has 0 bridgehead atoms. The molecule has 130 valence electrons. The molecule has 5 heteroatoms. The van der Waals surface area contributed by atoms with Gasteiger partial charge in [0.05, 0.1) is 24.3 Å². The monoisotopic (exact) mass is 365 g/mol. The molecule has 4 nitrogen and oxygen atoms in total. The summed E-state index contributed by atoms with van der Waals surface area (Å²) < 4.78 is 5.00. The molecule has 2 aliphatic rings. The van der Waals surface area contributed by atoms with Crippen LogP contribution >= 0.6 is 11.6 Å². The maximum Gasteiger partial charge on any atom is 0.336 e. The lowest BCUT2D eigenvalue weighted by molar-refractivity contribution is -0.136. The van der Waals surface area contributed by atoms with Crippen LogP contribution in [0.4, 0.5) is 0 Å². The molecule has 2 aromatic rings. The molecule has 0 saturated heterocycles. The van der Waals surface area contributed by atoms with Gasteiger partial charge in [-0.3, -0.25) is 4.79 Å². The number of dihydropyridines is 1. The Labute approximate surface area is 156 Å². The van der Waals surface area contributed by atoms with Crippen molar-refractivity contribution in [3.05, 3.63) is 87.1 Å². The number of nitrogens with one attached hydrogen (secondary N) is 1. The molecule has 0 saturated carbocycles. The molecule has 1 aliphatic carbocycles. The van der Waals surface area contributed by atoms with Gasteiger partial charge in [-0.15, -0.1) is 0 Å². The minimum Gasteiger partial charge on any atom is -0.466 e. The Balaban J connectivity index is 1.99. The lowest BCUT2D eigenvalue weighted by Crippen LogP contribution is -2.29. The highest BCUT2D eigenvalue weighted by Crippen LogP contribution is 2.47. The zero-order valence-corrected chi connectivity index (χ0v) is 15.1. The number of benzene rings is 2. The summed E-state index contributed by atoms with van der Waals surface area (Å²) in [5.41, 5.74) is 4.51. The van der Waals surface area contributed by atoms with Crippen molar-refractivity contribution in [1.29, 1.82) is 0 Å². The van der Waals surface area contributed by atoms with Crippen molar-refractivity contribution in [2.75, 3.05) is 7.11 Å². The van der Waals surface area contributed by atoms with Gasteiger partial charge < -0.3 is 10.1 Å². The van der Waals surface area contributed by atoms with Crippen LogP contribution in [0.25, 0.3) is 5.70 Å². The zero-order chi connectivity index (χ0) is 18.4. The predicted octanol–water partition coefficient (Wildman–Crippen LogP) is 4.08. The predicted molar refractivity (Wildman–Crippen MR) is 99.7 cm³/mol. The van der Waals surface area contributed by atoms with Crippen molar-refractivity contribution < 1.29 is 14.3 Å². The van der Waals surface area contributed by atoms with Gasteiger partial charge in [-0.1, -0.05) is 54.1 Å². The van der Waals surface area contributed by atoms with Crippen molar-refractivity contribution in [2.24, 2.45) is 0 Å². The Kier molecular flexibility index (Phi) is 3.93. The summed E-state index contributed by atoms with van der Waals surface area (Å²) in [6, 6.07) is 14.7. The summed E-state index contributed by atoms with van der Waals surface area (Å²) >= 11 is 6.44. The summed E-state index contributed by atoms with van der Waals surface area (Å²) in [6.45, 7) is 1.81. The SMILES string of the molecule is COC(=O)C1=C(C)NC2=C(C(=O)c3ccccc32)C1c1ccccc1Cl. The van der Waals surface area contributed by atoms with E-state index in [4.69, 9.17) is 16.3 Å². The second kappa shape index (κ2) is 6.15. The Morgan fingerprint density at radius 2 is 1.73 bits per heavy atom. The lowest BCUT2D eigenvalue weighted by Gasteiger charge is -2.29. The first kappa shape index (κ1) is 16.6. The first-order valence-corrected chi connectivity index (χ1v) is 8.61. The molecule has 0 fully saturated rings. The van der Waals surface area contributed by atoms with Gasteiger partial charge in [-0.2, -0.15) is 0 Å². The Bertz CT molecular complexity index is 1020. The van der Waals surface area contributed by atoms with Crippen LogP contribution in [-0.2, 0) is 9.53 Å². The molecule has 0 amide bonds. The van der Waals surface area contributed by atoms with Gasteiger partial charge in [-0.05, 0) is 18.6 Å². The number of fused-ring (bicyclic) bond motifs is 2. The van der Waals surface area contributed by atoms with E-state index in [-0.39, 0.29) is 5.78 Å². The van der Waals surface area contributed by atoms with Gasteiger partial charge >= 0.3 is 5.97 Å². The van der Waals surface area contributed by atoms with Gasteiger partial charge in [0, 0.05) is 27.4 Å². The second-order valence-electron chi connectivity index (χ2n) is 6.27. The van der Waals surface area contributed by atoms with E-state index >= 15 is 0 Å². The molecule has 26 heavy (non-hydrogen) atoms. The first-order valence-electron chi connectivity index (χ1n) is 8.23. The van der Waals surface area contributed by atoms with E-state index in [2.05, 4.69) is 5.32 Å². The summed E-state index contributed by atoms with van der Waals surface area (Å²) in [4.78, 5) is 25.7. The first-order chi connectivity index (χ1) is 12.5.